The third-order valence-corrected chi connectivity index (χ3v) is 6.65. The number of nitrogens with one attached hydrogen (secondary N) is 1. The molecule has 2 heterocycles. The number of nitrogens with zero attached hydrogens (tertiary/aromatic N) is 1. The summed E-state index contributed by atoms with van der Waals surface area (Å²) in [6.07, 6.45) is -0.811. The van der Waals surface area contributed by atoms with Crippen LogP contribution < -0.4 is 14.8 Å². The van der Waals surface area contributed by atoms with E-state index >= 15 is 0 Å². The quantitative estimate of drug-likeness (QED) is 0.224. The number of ether oxygens (including phenoxy) is 6. The molecule has 13 heteroatoms. The fourth-order valence-electron chi connectivity index (χ4n) is 4.18. The molecule has 0 bridgehead atoms. The first-order valence-corrected chi connectivity index (χ1v) is 14.2. The van der Waals surface area contributed by atoms with E-state index in [9.17, 15) is 24.0 Å². The zero-order valence-corrected chi connectivity index (χ0v) is 25.6. The van der Waals surface area contributed by atoms with Crippen molar-refractivity contribution in [3.8, 4) is 11.5 Å². The number of hydrogen-bond donors (Lipinski definition) is 1. The molecule has 238 valence electrons. The number of esters is 4. The Balaban J connectivity index is 1.85. The van der Waals surface area contributed by atoms with Gasteiger partial charge in [-0.1, -0.05) is 58.0 Å². The molecule has 2 aromatic rings. The van der Waals surface area contributed by atoms with Crippen LogP contribution in [0.2, 0.25) is 0 Å². The van der Waals surface area contributed by atoms with Gasteiger partial charge in [-0.05, 0) is 18.9 Å². The fourth-order valence-corrected chi connectivity index (χ4v) is 4.18. The summed E-state index contributed by atoms with van der Waals surface area (Å²) in [5.41, 5.74) is 0.487. The summed E-state index contributed by atoms with van der Waals surface area (Å²) in [5, 5.41) is 2.46. The number of hydrogen-bond acceptors (Lipinski definition) is 12. The zero-order chi connectivity index (χ0) is 32.4. The first-order valence-electron chi connectivity index (χ1n) is 14.2. The van der Waals surface area contributed by atoms with E-state index in [4.69, 9.17) is 28.4 Å². The molecule has 0 saturated carbocycles. The highest BCUT2D eigenvalue weighted by Crippen LogP contribution is 2.30. The fraction of sp³-hybridized carbons (Fsp3) is 0.484. The van der Waals surface area contributed by atoms with E-state index < -0.39 is 79.2 Å². The number of carbonyl (C=O) groups is 5. The van der Waals surface area contributed by atoms with E-state index in [-0.39, 0.29) is 23.6 Å². The molecule has 3 rings (SSSR count). The van der Waals surface area contributed by atoms with E-state index in [0.29, 0.717) is 0 Å². The van der Waals surface area contributed by atoms with Crippen molar-refractivity contribution in [2.45, 2.75) is 59.3 Å². The smallest absolute Gasteiger partial charge is 0.332 e. The van der Waals surface area contributed by atoms with Crippen LogP contribution in [-0.4, -0.2) is 73.5 Å². The van der Waals surface area contributed by atoms with Gasteiger partial charge in [0.15, 0.2) is 29.3 Å². The van der Waals surface area contributed by atoms with Gasteiger partial charge in [-0.3, -0.25) is 19.2 Å². The van der Waals surface area contributed by atoms with Crippen LogP contribution in [0, 0.1) is 17.8 Å². The molecule has 0 aliphatic carbocycles. The van der Waals surface area contributed by atoms with E-state index in [1.54, 1.807) is 39.8 Å². The summed E-state index contributed by atoms with van der Waals surface area (Å²) in [7, 11) is 1.34. The standard InChI is InChI=1S/C31H38N2O11/c1-17(2)28(35)42-16-41-26-23(39-6)12-13-32-24(26)27(34)33-22-15-40-30(37)21(14-20-10-8-7-9-11-20)25(19(5)43-31(22)38)44-29(36)18(3)4/h7-13,17-19,21-22,25H,14-16H2,1-6H3,(H,33,34)/t19?,21-,22?,25+/m1/s1. The number of methoxy groups -OCH3 is 1. The predicted octanol–water partition coefficient (Wildman–Crippen LogP) is 2.64. The summed E-state index contributed by atoms with van der Waals surface area (Å²) >= 11 is 0. The summed E-state index contributed by atoms with van der Waals surface area (Å²) in [6, 6.07) is 9.03. The number of carbonyl (C=O) groups excluding carboxylic acids is 5. The third-order valence-electron chi connectivity index (χ3n) is 6.65. The van der Waals surface area contributed by atoms with Gasteiger partial charge in [-0.15, -0.1) is 0 Å². The van der Waals surface area contributed by atoms with Gasteiger partial charge < -0.3 is 33.7 Å². The molecule has 1 aromatic heterocycles. The first-order chi connectivity index (χ1) is 20.9. The molecule has 1 aliphatic rings. The van der Waals surface area contributed by atoms with Crippen molar-refractivity contribution in [3.63, 3.8) is 0 Å². The van der Waals surface area contributed by atoms with Gasteiger partial charge in [0.1, 0.15) is 18.6 Å². The maximum absolute atomic E-state index is 13.4. The molecule has 0 radical (unpaired) electrons. The van der Waals surface area contributed by atoms with Gasteiger partial charge in [0.2, 0.25) is 6.79 Å². The Morgan fingerprint density at radius 2 is 1.68 bits per heavy atom. The predicted molar refractivity (Wildman–Crippen MR) is 153 cm³/mol. The highest BCUT2D eigenvalue weighted by Gasteiger charge is 2.42. The molecular weight excluding hydrogens is 576 g/mol. The van der Waals surface area contributed by atoms with Crippen LogP contribution in [0.4, 0.5) is 0 Å². The molecule has 1 saturated heterocycles. The van der Waals surface area contributed by atoms with Crippen molar-refractivity contribution < 1.29 is 52.4 Å². The lowest BCUT2D eigenvalue weighted by Crippen LogP contribution is -2.47. The molecule has 1 fully saturated rings. The summed E-state index contributed by atoms with van der Waals surface area (Å²) in [6.45, 7) is 6.98. The second kappa shape index (κ2) is 15.7. The minimum atomic E-state index is -1.45. The van der Waals surface area contributed by atoms with E-state index in [1.165, 1.54) is 26.3 Å². The number of cyclic esters (lactones) is 2. The maximum Gasteiger partial charge on any atom is 0.332 e. The van der Waals surface area contributed by atoms with Crippen molar-refractivity contribution >= 4 is 29.8 Å². The van der Waals surface area contributed by atoms with Crippen LogP contribution in [-0.2, 0) is 44.5 Å². The largest absolute Gasteiger partial charge is 0.493 e. The average molecular weight is 615 g/mol. The van der Waals surface area contributed by atoms with Crippen LogP contribution in [0.15, 0.2) is 42.6 Å². The highest BCUT2D eigenvalue weighted by molar-refractivity contribution is 5.98. The number of aromatic nitrogens is 1. The lowest BCUT2D eigenvalue weighted by atomic mass is 9.91. The Bertz CT molecular complexity index is 1330. The molecule has 1 aromatic carbocycles. The van der Waals surface area contributed by atoms with Crippen molar-refractivity contribution in [2.24, 2.45) is 17.8 Å². The molecule has 1 amide bonds. The van der Waals surface area contributed by atoms with Crippen molar-refractivity contribution in [3.05, 3.63) is 53.9 Å². The molecular formula is C31H38N2O11. The number of rotatable bonds is 11. The van der Waals surface area contributed by atoms with Crippen LogP contribution in [0.3, 0.4) is 0 Å². The molecule has 0 spiro atoms. The Labute approximate surface area is 255 Å². The van der Waals surface area contributed by atoms with Crippen molar-refractivity contribution in [1.82, 2.24) is 10.3 Å². The lowest BCUT2D eigenvalue weighted by Gasteiger charge is -2.29. The van der Waals surface area contributed by atoms with Crippen LogP contribution in [0.25, 0.3) is 0 Å². The zero-order valence-electron chi connectivity index (χ0n) is 25.6. The Morgan fingerprint density at radius 3 is 2.32 bits per heavy atom. The topological polar surface area (TPSA) is 166 Å². The van der Waals surface area contributed by atoms with Gasteiger partial charge >= 0.3 is 23.9 Å². The van der Waals surface area contributed by atoms with Gasteiger partial charge in [0, 0.05) is 12.3 Å². The maximum atomic E-state index is 13.4. The normalized spacial score (nSPS) is 20.4. The average Bonchev–Trinajstić information content (AvgIpc) is 3.03. The Morgan fingerprint density at radius 1 is 1.00 bits per heavy atom. The van der Waals surface area contributed by atoms with E-state index in [1.807, 2.05) is 18.2 Å². The Hall–Kier alpha value is -4.68. The molecule has 4 atom stereocenters. The first kappa shape index (κ1) is 33.8. The minimum Gasteiger partial charge on any atom is -0.493 e. The van der Waals surface area contributed by atoms with Gasteiger partial charge in [-0.2, -0.15) is 0 Å². The van der Waals surface area contributed by atoms with Crippen LogP contribution in [0.5, 0.6) is 11.5 Å². The monoisotopic (exact) mass is 614 g/mol. The van der Waals surface area contributed by atoms with E-state index in [0.717, 1.165) is 5.56 Å². The molecule has 13 nitrogen and oxygen atoms in total. The third kappa shape index (κ3) is 8.91. The lowest BCUT2D eigenvalue weighted by molar-refractivity contribution is -0.176. The number of pyridine rings is 1. The number of benzene rings is 1. The van der Waals surface area contributed by atoms with Crippen molar-refractivity contribution in [2.75, 3.05) is 20.5 Å². The van der Waals surface area contributed by atoms with Gasteiger partial charge in [-0.25, -0.2) is 9.78 Å². The van der Waals surface area contributed by atoms with Gasteiger partial charge in [0.25, 0.3) is 5.91 Å². The van der Waals surface area contributed by atoms with Gasteiger partial charge in [0.05, 0.1) is 18.9 Å². The second-order valence-corrected chi connectivity index (χ2v) is 10.7. The molecule has 2 unspecified atom stereocenters. The molecule has 44 heavy (non-hydrogen) atoms. The molecule has 1 aliphatic heterocycles. The SMILES string of the molecule is COc1ccnc(C(=O)NC2COC(=O)[C@H](Cc3ccccc3)[C@@H](OC(=O)C(C)C)C(C)OC2=O)c1OCOC(=O)C(C)C. The highest BCUT2D eigenvalue weighted by atomic mass is 16.7. The minimum absolute atomic E-state index is 0.112. The van der Waals surface area contributed by atoms with E-state index in [2.05, 4.69) is 10.3 Å². The number of amides is 1. The summed E-state index contributed by atoms with van der Waals surface area (Å²) < 4.78 is 32.6. The summed E-state index contributed by atoms with van der Waals surface area (Å²) in [4.78, 5) is 68.5. The van der Waals surface area contributed by atoms with Crippen LogP contribution in [0.1, 0.15) is 50.7 Å². The summed E-state index contributed by atoms with van der Waals surface area (Å²) in [5.74, 6) is -5.61. The second-order valence-electron chi connectivity index (χ2n) is 10.7. The van der Waals surface area contributed by atoms with Crippen molar-refractivity contribution in [1.29, 1.82) is 0 Å². The molecule has 1 N–H and O–H groups in total. The Kier molecular flexibility index (Phi) is 12.1. The van der Waals surface area contributed by atoms with Crippen LogP contribution >= 0.6 is 0 Å².